The van der Waals surface area contributed by atoms with Crippen molar-refractivity contribution in [2.75, 3.05) is 7.05 Å². The number of rotatable bonds is 4. The van der Waals surface area contributed by atoms with E-state index in [1.165, 1.54) is 11.1 Å². The van der Waals surface area contributed by atoms with Crippen molar-refractivity contribution in [3.63, 3.8) is 0 Å². The fourth-order valence-electron chi connectivity index (χ4n) is 1.34. The van der Waals surface area contributed by atoms with E-state index in [1.807, 2.05) is 18.9 Å². The van der Waals surface area contributed by atoms with E-state index < -0.39 is 0 Å². The summed E-state index contributed by atoms with van der Waals surface area (Å²) >= 11 is 0. The van der Waals surface area contributed by atoms with Crippen molar-refractivity contribution < 1.29 is 4.79 Å². The molecule has 0 heterocycles. The molecule has 0 aliphatic rings. The van der Waals surface area contributed by atoms with Crippen LogP contribution >= 0.6 is 0 Å². The van der Waals surface area contributed by atoms with Gasteiger partial charge in [-0.2, -0.15) is 0 Å². The van der Waals surface area contributed by atoms with Crippen LogP contribution < -0.4 is 5.73 Å². The van der Waals surface area contributed by atoms with Gasteiger partial charge in [-0.15, -0.1) is 0 Å². The average molecular weight is 206 g/mol. The number of nitrogens with two attached hydrogens (primary N) is 1. The Morgan fingerprint density at radius 2 is 1.93 bits per heavy atom. The van der Waals surface area contributed by atoms with Crippen LogP contribution in [0.4, 0.5) is 0 Å². The molecule has 0 bridgehead atoms. The molecule has 1 aromatic rings. The minimum Gasteiger partial charge on any atom is -0.368 e. The zero-order valence-corrected chi connectivity index (χ0v) is 9.53. The van der Waals surface area contributed by atoms with Crippen LogP contribution in [-0.2, 0) is 11.3 Å². The van der Waals surface area contributed by atoms with Gasteiger partial charge in [0.1, 0.15) is 0 Å². The molecule has 1 aromatic carbocycles. The number of hydrogen-bond donors (Lipinski definition) is 1. The van der Waals surface area contributed by atoms with Gasteiger partial charge < -0.3 is 5.73 Å². The average Bonchev–Trinajstić information content (AvgIpc) is 2.20. The molecule has 0 aliphatic carbocycles. The van der Waals surface area contributed by atoms with Crippen LogP contribution in [0.15, 0.2) is 24.3 Å². The maximum absolute atomic E-state index is 11.0. The van der Waals surface area contributed by atoms with Crippen LogP contribution in [-0.4, -0.2) is 23.9 Å². The highest BCUT2D eigenvalue weighted by atomic mass is 16.1. The summed E-state index contributed by atoms with van der Waals surface area (Å²) in [7, 11) is 1.90. The fraction of sp³-hybridized carbons (Fsp3) is 0.417. The Morgan fingerprint density at radius 3 is 2.40 bits per heavy atom. The summed E-state index contributed by atoms with van der Waals surface area (Å²) in [6.45, 7) is 4.61. The number of carbonyl (C=O) groups is 1. The van der Waals surface area contributed by atoms with Crippen LogP contribution in [0, 0.1) is 6.92 Å². The fourth-order valence-corrected chi connectivity index (χ4v) is 1.34. The number of primary amides is 1. The summed E-state index contributed by atoms with van der Waals surface area (Å²) in [5.41, 5.74) is 7.67. The van der Waals surface area contributed by atoms with Gasteiger partial charge in [-0.25, -0.2) is 0 Å². The van der Waals surface area contributed by atoms with Gasteiger partial charge in [-0.05, 0) is 26.5 Å². The highest BCUT2D eigenvalue weighted by Gasteiger charge is 2.14. The van der Waals surface area contributed by atoms with E-state index in [4.69, 9.17) is 5.73 Å². The molecule has 0 fully saturated rings. The summed E-state index contributed by atoms with van der Waals surface area (Å²) in [6, 6.07) is 8.04. The first-order chi connectivity index (χ1) is 7.00. The molecular formula is C12H18N2O. The molecule has 0 aliphatic heterocycles. The molecule has 1 atom stereocenters. The number of benzene rings is 1. The highest BCUT2D eigenvalue weighted by molar-refractivity contribution is 5.79. The van der Waals surface area contributed by atoms with Gasteiger partial charge in [0.2, 0.25) is 5.91 Å². The SMILES string of the molecule is Cc1ccc(CN(C)[C@@H](C)C(N)=O)cc1. The Balaban J connectivity index is 2.62. The Labute approximate surface area is 90.9 Å². The molecule has 0 aromatic heterocycles. The van der Waals surface area contributed by atoms with Crippen molar-refractivity contribution >= 4 is 5.91 Å². The maximum Gasteiger partial charge on any atom is 0.234 e. The first-order valence-corrected chi connectivity index (χ1v) is 5.06. The summed E-state index contributed by atoms with van der Waals surface area (Å²) in [4.78, 5) is 12.9. The van der Waals surface area contributed by atoms with E-state index in [1.54, 1.807) is 0 Å². The Morgan fingerprint density at radius 1 is 1.40 bits per heavy atom. The van der Waals surface area contributed by atoms with Crippen molar-refractivity contribution in [3.05, 3.63) is 35.4 Å². The molecule has 1 amide bonds. The number of likely N-dealkylation sites (N-methyl/N-ethyl adjacent to an activating group) is 1. The Kier molecular flexibility index (Phi) is 3.86. The van der Waals surface area contributed by atoms with Crippen molar-refractivity contribution in [3.8, 4) is 0 Å². The third kappa shape index (κ3) is 3.36. The van der Waals surface area contributed by atoms with Gasteiger partial charge in [0.05, 0.1) is 6.04 Å². The molecule has 3 nitrogen and oxygen atoms in total. The molecule has 3 heteroatoms. The molecule has 1 rings (SSSR count). The van der Waals surface area contributed by atoms with Crippen LogP contribution in [0.2, 0.25) is 0 Å². The molecule has 0 radical (unpaired) electrons. The predicted octanol–water partition coefficient (Wildman–Crippen LogP) is 1.30. The third-order valence-corrected chi connectivity index (χ3v) is 2.63. The van der Waals surface area contributed by atoms with E-state index in [0.717, 1.165) is 6.54 Å². The molecule has 2 N–H and O–H groups in total. The molecule has 15 heavy (non-hydrogen) atoms. The number of amides is 1. The van der Waals surface area contributed by atoms with Gasteiger partial charge in [-0.3, -0.25) is 9.69 Å². The zero-order chi connectivity index (χ0) is 11.4. The Bertz CT molecular complexity index is 332. The molecule has 0 unspecified atom stereocenters. The smallest absolute Gasteiger partial charge is 0.234 e. The largest absolute Gasteiger partial charge is 0.368 e. The lowest BCUT2D eigenvalue weighted by Crippen LogP contribution is -2.39. The minimum absolute atomic E-state index is 0.230. The lowest BCUT2D eigenvalue weighted by molar-refractivity contribution is -0.122. The third-order valence-electron chi connectivity index (χ3n) is 2.63. The lowest BCUT2D eigenvalue weighted by Gasteiger charge is -2.21. The number of nitrogens with zero attached hydrogens (tertiary/aromatic N) is 1. The molecule has 82 valence electrons. The van der Waals surface area contributed by atoms with Crippen molar-refractivity contribution in [2.45, 2.75) is 26.4 Å². The van der Waals surface area contributed by atoms with Gasteiger partial charge in [0.25, 0.3) is 0 Å². The number of carbonyl (C=O) groups excluding carboxylic acids is 1. The Hall–Kier alpha value is -1.35. The summed E-state index contributed by atoms with van der Waals surface area (Å²) in [5, 5.41) is 0. The molecule has 0 spiro atoms. The van der Waals surface area contributed by atoms with Gasteiger partial charge >= 0.3 is 0 Å². The highest BCUT2D eigenvalue weighted by Crippen LogP contribution is 2.07. The molecule has 0 saturated carbocycles. The zero-order valence-electron chi connectivity index (χ0n) is 9.53. The predicted molar refractivity (Wildman–Crippen MR) is 61.3 cm³/mol. The van der Waals surface area contributed by atoms with E-state index in [0.29, 0.717) is 0 Å². The van der Waals surface area contributed by atoms with E-state index >= 15 is 0 Å². The topological polar surface area (TPSA) is 46.3 Å². The summed E-state index contributed by atoms with van der Waals surface area (Å²) in [6.07, 6.45) is 0. The second-order valence-electron chi connectivity index (χ2n) is 3.98. The summed E-state index contributed by atoms with van der Waals surface area (Å²) in [5.74, 6) is -0.287. The van der Waals surface area contributed by atoms with E-state index in [2.05, 4.69) is 31.2 Å². The molecule has 0 saturated heterocycles. The first-order valence-electron chi connectivity index (χ1n) is 5.06. The quantitative estimate of drug-likeness (QED) is 0.807. The van der Waals surface area contributed by atoms with Gasteiger partial charge in [0.15, 0.2) is 0 Å². The van der Waals surface area contributed by atoms with E-state index in [-0.39, 0.29) is 11.9 Å². The van der Waals surface area contributed by atoms with Crippen LogP contribution in [0.1, 0.15) is 18.1 Å². The summed E-state index contributed by atoms with van der Waals surface area (Å²) < 4.78 is 0. The number of hydrogen-bond acceptors (Lipinski definition) is 2. The second kappa shape index (κ2) is 4.94. The van der Waals surface area contributed by atoms with Crippen LogP contribution in [0.25, 0.3) is 0 Å². The first kappa shape index (κ1) is 11.7. The van der Waals surface area contributed by atoms with Gasteiger partial charge in [0, 0.05) is 6.54 Å². The van der Waals surface area contributed by atoms with Crippen LogP contribution in [0.3, 0.4) is 0 Å². The normalized spacial score (nSPS) is 12.8. The minimum atomic E-state index is -0.287. The van der Waals surface area contributed by atoms with Gasteiger partial charge in [-0.1, -0.05) is 29.8 Å². The van der Waals surface area contributed by atoms with Crippen molar-refractivity contribution in [2.24, 2.45) is 5.73 Å². The molecular weight excluding hydrogens is 188 g/mol. The maximum atomic E-state index is 11.0. The lowest BCUT2D eigenvalue weighted by atomic mass is 10.1. The monoisotopic (exact) mass is 206 g/mol. The standard InChI is InChI=1S/C12H18N2O/c1-9-4-6-11(7-5-9)8-14(3)10(2)12(13)15/h4-7,10H,8H2,1-3H3,(H2,13,15)/t10-/m0/s1. The van der Waals surface area contributed by atoms with Crippen molar-refractivity contribution in [1.82, 2.24) is 4.90 Å². The van der Waals surface area contributed by atoms with E-state index in [9.17, 15) is 4.79 Å². The van der Waals surface area contributed by atoms with Crippen LogP contribution in [0.5, 0.6) is 0 Å². The van der Waals surface area contributed by atoms with Crippen molar-refractivity contribution in [1.29, 1.82) is 0 Å². The second-order valence-corrected chi connectivity index (χ2v) is 3.98. The number of aryl methyl sites for hydroxylation is 1.